The number of nitrogens with one attached hydrogen (secondary N) is 1. The maximum atomic E-state index is 12.5. The van der Waals surface area contributed by atoms with E-state index in [-0.39, 0.29) is 36.2 Å². The van der Waals surface area contributed by atoms with E-state index in [9.17, 15) is 9.59 Å². The molecule has 0 atom stereocenters. The minimum Gasteiger partial charge on any atom is -0.493 e. The Morgan fingerprint density at radius 3 is 2.26 bits per heavy atom. The molecule has 0 aliphatic carbocycles. The van der Waals surface area contributed by atoms with Gasteiger partial charge in [0.15, 0.2) is 11.5 Å². The second-order valence-electron chi connectivity index (χ2n) is 10.2. The maximum Gasteiger partial charge on any atom is 0.310 e. The first-order chi connectivity index (χ1) is 16.3. The lowest BCUT2D eigenvalue weighted by Gasteiger charge is -2.21. The molecule has 0 heterocycles. The van der Waals surface area contributed by atoms with Crippen LogP contribution in [0.4, 0.5) is 5.69 Å². The van der Waals surface area contributed by atoms with Gasteiger partial charge in [0.05, 0.1) is 13.5 Å². The third kappa shape index (κ3) is 9.45. The predicted molar refractivity (Wildman–Crippen MR) is 142 cm³/mol. The van der Waals surface area contributed by atoms with Gasteiger partial charge in [-0.2, -0.15) is 11.8 Å². The van der Waals surface area contributed by atoms with Crippen LogP contribution in [0.3, 0.4) is 0 Å². The average Bonchev–Trinajstić information content (AvgIpc) is 2.76. The average molecular weight is 503 g/mol. The van der Waals surface area contributed by atoms with Crippen LogP contribution in [0.15, 0.2) is 36.4 Å². The molecule has 3 N–H and O–H groups in total. The van der Waals surface area contributed by atoms with Crippen LogP contribution < -0.4 is 20.5 Å². The number of benzene rings is 2. The number of hydrogen-bond donors (Lipinski definition) is 2. The van der Waals surface area contributed by atoms with E-state index in [2.05, 4.69) is 26.1 Å². The van der Waals surface area contributed by atoms with Crippen molar-refractivity contribution in [3.05, 3.63) is 47.5 Å². The molecule has 35 heavy (non-hydrogen) atoms. The van der Waals surface area contributed by atoms with E-state index in [1.54, 1.807) is 37.1 Å². The van der Waals surface area contributed by atoms with E-state index in [4.69, 9.17) is 19.9 Å². The fourth-order valence-corrected chi connectivity index (χ4v) is 3.72. The van der Waals surface area contributed by atoms with Crippen molar-refractivity contribution in [2.75, 3.05) is 25.6 Å². The minimum atomic E-state index is -0.505. The number of ether oxygens (including phenoxy) is 3. The highest BCUT2D eigenvalue weighted by atomic mass is 32.2. The lowest BCUT2D eigenvalue weighted by atomic mass is 9.95. The molecule has 0 radical (unpaired) electrons. The van der Waals surface area contributed by atoms with E-state index in [0.29, 0.717) is 28.7 Å². The lowest BCUT2D eigenvalue weighted by Crippen LogP contribution is -2.27. The molecular weight excluding hydrogens is 464 g/mol. The summed E-state index contributed by atoms with van der Waals surface area (Å²) in [5.41, 5.74) is 7.29. The Kier molecular flexibility index (Phi) is 10.0. The van der Waals surface area contributed by atoms with Crippen LogP contribution in [0.1, 0.15) is 52.7 Å². The number of nitrogens with two attached hydrogens (primary N) is 1. The summed E-state index contributed by atoms with van der Waals surface area (Å²) in [5, 5.41) is 2.99. The molecule has 0 saturated heterocycles. The molecule has 0 saturated carbocycles. The van der Waals surface area contributed by atoms with Crippen molar-refractivity contribution >= 4 is 29.3 Å². The van der Waals surface area contributed by atoms with Gasteiger partial charge < -0.3 is 25.3 Å². The van der Waals surface area contributed by atoms with E-state index in [1.807, 2.05) is 39.0 Å². The summed E-state index contributed by atoms with van der Waals surface area (Å²) in [6.07, 6.45) is 0.102. The predicted octanol–water partition coefficient (Wildman–Crippen LogP) is 5.55. The number of rotatable bonds is 10. The zero-order chi connectivity index (χ0) is 26.2. The van der Waals surface area contributed by atoms with Gasteiger partial charge in [0.2, 0.25) is 5.91 Å². The summed E-state index contributed by atoms with van der Waals surface area (Å²) < 4.78 is 16.9. The first kappa shape index (κ1) is 28.5. The van der Waals surface area contributed by atoms with Crippen molar-refractivity contribution in [2.45, 2.75) is 58.5 Å². The van der Waals surface area contributed by atoms with Gasteiger partial charge in [0, 0.05) is 33.7 Å². The number of carbonyl (C=O) groups is 2. The molecule has 0 bridgehead atoms. The first-order valence-electron chi connectivity index (χ1n) is 11.6. The Morgan fingerprint density at radius 1 is 0.971 bits per heavy atom. The smallest absolute Gasteiger partial charge is 0.310 e. The van der Waals surface area contributed by atoms with Gasteiger partial charge in [0.25, 0.3) is 0 Å². The molecule has 0 aromatic heterocycles. The molecule has 0 aliphatic rings. The van der Waals surface area contributed by atoms with Crippen molar-refractivity contribution in [1.29, 1.82) is 0 Å². The lowest BCUT2D eigenvalue weighted by molar-refractivity contribution is -0.142. The van der Waals surface area contributed by atoms with Crippen molar-refractivity contribution in [1.82, 2.24) is 0 Å². The Labute approximate surface area is 213 Å². The Bertz CT molecular complexity index is 1030. The van der Waals surface area contributed by atoms with Crippen LogP contribution in [0.2, 0.25) is 0 Å². The molecule has 0 fully saturated rings. The molecule has 7 nitrogen and oxygen atoms in total. The van der Waals surface area contributed by atoms with E-state index in [0.717, 1.165) is 11.1 Å². The Hall–Kier alpha value is -2.71. The van der Waals surface area contributed by atoms with Crippen LogP contribution >= 0.6 is 11.8 Å². The van der Waals surface area contributed by atoms with Crippen LogP contribution in [0.25, 0.3) is 0 Å². The van der Waals surface area contributed by atoms with Crippen molar-refractivity contribution in [2.24, 2.45) is 11.1 Å². The fourth-order valence-electron chi connectivity index (χ4n) is 2.90. The van der Waals surface area contributed by atoms with E-state index >= 15 is 0 Å². The summed E-state index contributed by atoms with van der Waals surface area (Å²) in [6, 6.07) is 11.0. The molecule has 2 aromatic carbocycles. The Morgan fingerprint density at radius 2 is 1.66 bits per heavy atom. The zero-order valence-corrected chi connectivity index (χ0v) is 22.6. The van der Waals surface area contributed by atoms with Crippen LogP contribution in [-0.2, 0) is 26.5 Å². The number of carbonyl (C=O) groups excluding carboxylic acids is 2. The number of anilines is 1. The molecule has 8 heteroatoms. The summed E-state index contributed by atoms with van der Waals surface area (Å²) in [7, 11) is 1.57. The summed E-state index contributed by atoms with van der Waals surface area (Å²) in [6.45, 7) is 12.6. The quantitative estimate of drug-likeness (QED) is 0.411. The van der Waals surface area contributed by atoms with Crippen molar-refractivity contribution < 1.29 is 23.8 Å². The van der Waals surface area contributed by atoms with E-state index in [1.165, 1.54) is 0 Å². The normalized spacial score (nSPS) is 11.7. The number of thioether (sulfide) groups is 1. The van der Waals surface area contributed by atoms with Gasteiger partial charge >= 0.3 is 5.97 Å². The van der Waals surface area contributed by atoms with Gasteiger partial charge in [-0.05, 0) is 35.9 Å². The highest BCUT2D eigenvalue weighted by Gasteiger charge is 2.22. The SMILES string of the molecule is COc1ccc(CC(=O)OCCN)cc1Oc1ccc(NC(=O)C(C)(C)C)cc1CSC(C)(C)C. The van der Waals surface area contributed by atoms with Crippen molar-refractivity contribution in [3.63, 3.8) is 0 Å². The molecule has 192 valence electrons. The molecule has 2 rings (SSSR count). The Balaban J connectivity index is 2.36. The molecule has 1 amide bonds. The third-order valence-corrected chi connectivity index (χ3v) is 6.16. The summed E-state index contributed by atoms with van der Waals surface area (Å²) in [4.78, 5) is 24.5. The van der Waals surface area contributed by atoms with Gasteiger partial charge in [-0.15, -0.1) is 0 Å². The van der Waals surface area contributed by atoms with Crippen LogP contribution in [0, 0.1) is 5.41 Å². The third-order valence-electron chi connectivity index (χ3n) is 4.84. The number of amides is 1. The number of methoxy groups -OCH3 is 1. The molecule has 0 spiro atoms. The first-order valence-corrected chi connectivity index (χ1v) is 12.6. The monoisotopic (exact) mass is 502 g/mol. The minimum absolute atomic E-state index is 0.0451. The van der Waals surface area contributed by atoms with Gasteiger partial charge in [0.1, 0.15) is 12.4 Å². The molecular formula is C27H38N2O5S. The molecule has 0 unspecified atom stereocenters. The molecule has 0 aliphatic heterocycles. The van der Waals surface area contributed by atoms with Crippen molar-refractivity contribution in [3.8, 4) is 17.2 Å². The van der Waals surface area contributed by atoms with Gasteiger partial charge in [-0.3, -0.25) is 9.59 Å². The van der Waals surface area contributed by atoms with E-state index < -0.39 is 5.41 Å². The maximum absolute atomic E-state index is 12.5. The highest BCUT2D eigenvalue weighted by molar-refractivity contribution is 7.99. The summed E-state index contributed by atoms with van der Waals surface area (Å²) >= 11 is 1.78. The zero-order valence-electron chi connectivity index (χ0n) is 21.8. The fraction of sp³-hybridized carbons (Fsp3) is 0.481. The summed E-state index contributed by atoms with van der Waals surface area (Å²) in [5.74, 6) is 1.96. The van der Waals surface area contributed by atoms with Crippen LogP contribution in [-0.4, -0.2) is 36.9 Å². The molecule has 2 aromatic rings. The number of esters is 1. The highest BCUT2D eigenvalue weighted by Crippen LogP contribution is 2.38. The number of hydrogen-bond acceptors (Lipinski definition) is 7. The standard InChI is InChI=1S/C27H38N2O5S/c1-26(2,3)25(31)29-20-9-11-21(19(16-20)17-35-27(4,5)6)34-23-14-18(8-10-22(23)32-7)15-24(30)33-13-12-28/h8-11,14,16H,12-13,15,17,28H2,1-7H3,(H,29,31). The van der Waals surface area contributed by atoms with Gasteiger partial charge in [-0.25, -0.2) is 0 Å². The second-order valence-corrected chi connectivity index (χ2v) is 12.0. The van der Waals surface area contributed by atoms with Gasteiger partial charge in [-0.1, -0.05) is 47.6 Å². The largest absolute Gasteiger partial charge is 0.493 e. The van der Waals surface area contributed by atoms with Crippen LogP contribution in [0.5, 0.6) is 17.2 Å². The topological polar surface area (TPSA) is 99.9 Å². The second kappa shape index (κ2) is 12.3.